The van der Waals surface area contributed by atoms with E-state index in [1.807, 2.05) is 30.7 Å². The Morgan fingerprint density at radius 1 is 1.37 bits per heavy atom. The van der Waals surface area contributed by atoms with Crippen molar-refractivity contribution in [3.8, 4) is 11.5 Å². The number of likely N-dealkylation sites (tertiary alicyclic amines) is 1. The van der Waals surface area contributed by atoms with Crippen molar-refractivity contribution in [1.82, 2.24) is 19.7 Å². The fourth-order valence-electron chi connectivity index (χ4n) is 3.27. The van der Waals surface area contributed by atoms with Gasteiger partial charge in [-0.05, 0) is 38.5 Å². The molecule has 4 heterocycles. The second-order valence-corrected chi connectivity index (χ2v) is 6.75. The average molecular weight is 412 g/mol. The molecule has 4 rings (SSSR count). The predicted molar refractivity (Wildman–Crippen MR) is 109 cm³/mol. The summed E-state index contributed by atoms with van der Waals surface area (Å²) in [6, 6.07) is 5.62. The van der Waals surface area contributed by atoms with Crippen molar-refractivity contribution >= 4 is 41.8 Å². The highest BCUT2D eigenvalue weighted by molar-refractivity contribution is 6.06. The fourth-order valence-corrected chi connectivity index (χ4v) is 3.27. The van der Waals surface area contributed by atoms with Crippen molar-refractivity contribution in [3.05, 3.63) is 36.2 Å². The van der Waals surface area contributed by atoms with E-state index in [-0.39, 0.29) is 42.8 Å². The van der Waals surface area contributed by atoms with Crippen molar-refractivity contribution < 1.29 is 9.21 Å². The zero-order valence-corrected chi connectivity index (χ0v) is 16.8. The minimum atomic E-state index is -0.0311. The van der Waals surface area contributed by atoms with Gasteiger partial charge in [-0.2, -0.15) is 5.10 Å². The molecule has 7 nitrogen and oxygen atoms in total. The van der Waals surface area contributed by atoms with Crippen molar-refractivity contribution in [2.75, 3.05) is 13.1 Å². The Kier molecular flexibility index (Phi) is 6.51. The zero-order chi connectivity index (χ0) is 17.6. The summed E-state index contributed by atoms with van der Waals surface area (Å²) >= 11 is 0. The van der Waals surface area contributed by atoms with Crippen LogP contribution in [0.5, 0.6) is 0 Å². The van der Waals surface area contributed by atoms with Crippen molar-refractivity contribution in [2.24, 2.45) is 5.73 Å². The summed E-state index contributed by atoms with van der Waals surface area (Å²) in [5.74, 6) is 0.599. The molecule has 0 radical (unpaired) electrons. The third-order valence-electron chi connectivity index (χ3n) is 4.57. The number of carbonyl (C=O) groups excluding carboxylic acids is 1. The fraction of sp³-hybridized carbons (Fsp3) is 0.389. The lowest BCUT2D eigenvalue weighted by Crippen LogP contribution is -2.32. The number of aromatic nitrogens is 3. The molecule has 0 aliphatic carbocycles. The first-order valence-corrected chi connectivity index (χ1v) is 8.51. The molecule has 9 heteroatoms. The van der Waals surface area contributed by atoms with Gasteiger partial charge in [-0.15, -0.1) is 24.8 Å². The second kappa shape index (κ2) is 8.29. The number of carbonyl (C=O) groups is 1. The van der Waals surface area contributed by atoms with Gasteiger partial charge >= 0.3 is 0 Å². The average Bonchev–Trinajstić information content (AvgIpc) is 3.32. The van der Waals surface area contributed by atoms with Crippen LogP contribution < -0.4 is 5.73 Å². The van der Waals surface area contributed by atoms with Gasteiger partial charge in [0.25, 0.3) is 5.91 Å². The van der Waals surface area contributed by atoms with Gasteiger partial charge in [0, 0.05) is 25.2 Å². The normalized spacial score (nSPS) is 16.4. The Labute approximate surface area is 169 Å². The monoisotopic (exact) mass is 411 g/mol. The third-order valence-corrected chi connectivity index (χ3v) is 4.57. The van der Waals surface area contributed by atoms with Crippen LogP contribution in [0.4, 0.5) is 0 Å². The van der Waals surface area contributed by atoms with E-state index in [1.165, 1.54) is 0 Å². The summed E-state index contributed by atoms with van der Waals surface area (Å²) in [6.07, 6.45) is 4.15. The highest BCUT2D eigenvalue weighted by atomic mass is 35.5. The summed E-state index contributed by atoms with van der Waals surface area (Å²) < 4.78 is 7.31. The van der Waals surface area contributed by atoms with Crippen LogP contribution in [-0.2, 0) is 0 Å². The Balaban J connectivity index is 0.00000131. The van der Waals surface area contributed by atoms with Crippen LogP contribution in [0, 0.1) is 0 Å². The Morgan fingerprint density at radius 3 is 2.74 bits per heavy atom. The lowest BCUT2D eigenvalue weighted by molar-refractivity contribution is 0.0793. The minimum Gasteiger partial charge on any atom is -0.463 e. The number of hydrogen-bond acceptors (Lipinski definition) is 5. The maximum Gasteiger partial charge on any atom is 0.254 e. The smallest absolute Gasteiger partial charge is 0.254 e. The van der Waals surface area contributed by atoms with Crippen LogP contribution in [0.2, 0.25) is 0 Å². The lowest BCUT2D eigenvalue weighted by Gasteiger charge is -2.17. The molecule has 0 spiro atoms. The molecule has 1 saturated heterocycles. The molecule has 2 N–H and O–H groups in total. The molecule has 0 bridgehead atoms. The number of amides is 1. The summed E-state index contributed by atoms with van der Waals surface area (Å²) in [5.41, 5.74) is 7.88. The topological polar surface area (TPSA) is 90.2 Å². The molecule has 27 heavy (non-hydrogen) atoms. The first kappa shape index (κ1) is 21.2. The predicted octanol–water partition coefficient (Wildman–Crippen LogP) is 3.29. The molecule has 0 aromatic carbocycles. The molecule has 1 fully saturated rings. The van der Waals surface area contributed by atoms with Gasteiger partial charge in [0.2, 0.25) is 0 Å². The maximum absolute atomic E-state index is 13.1. The highest BCUT2D eigenvalue weighted by Crippen LogP contribution is 2.28. The number of furan rings is 1. The third kappa shape index (κ3) is 3.81. The molecular formula is C18H23Cl2N5O2. The zero-order valence-electron chi connectivity index (χ0n) is 15.2. The highest BCUT2D eigenvalue weighted by Gasteiger charge is 2.27. The van der Waals surface area contributed by atoms with Gasteiger partial charge in [0.05, 0.1) is 23.4 Å². The van der Waals surface area contributed by atoms with Crippen LogP contribution >= 0.6 is 24.8 Å². The molecule has 0 saturated carbocycles. The van der Waals surface area contributed by atoms with Gasteiger partial charge in [-0.1, -0.05) is 0 Å². The molecular weight excluding hydrogens is 389 g/mol. The summed E-state index contributed by atoms with van der Waals surface area (Å²) in [7, 11) is 0. The molecule has 3 aromatic rings. The standard InChI is InChI=1S/C18H21N5O2.2ClH/c1-11(2)23-17-14(9-20-23)13(18(24)22-6-5-12(19)10-22)8-15(21-17)16-4-3-7-25-16;;/h3-4,7-9,11-12H,5-6,10,19H2,1-2H3;2*1H. The largest absolute Gasteiger partial charge is 0.463 e. The van der Waals surface area contributed by atoms with Crippen molar-refractivity contribution in [1.29, 1.82) is 0 Å². The first-order chi connectivity index (χ1) is 12.0. The minimum absolute atomic E-state index is 0. The quantitative estimate of drug-likeness (QED) is 0.713. The van der Waals surface area contributed by atoms with Gasteiger partial charge in [0.1, 0.15) is 5.69 Å². The van der Waals surface area contributed by atoms with E-state index in [2.05, 4.69) is 5.10 Å². The molecule has 1 aliphatic rings. The van der Waals surface area contributed by atoms with Crippen LogP contribution in [0.25, 0.3) is 22.5 Å². The van der Waals surface area contributed by atoms with Gasteiger partial charge in [-0.25, -0.2) is 9.67 Å². The van der Waals surface area contributed by atoms with Crippen LogP contribution in [0.15, 0.2) is 35.1 Å². The van der Waals surface area contributed by atoms with Crippen molar-refractivity contribution in [2.45, 2.75) is 32.4 Å². The molecule has 1 amide bonds. The summed E-state index contributed by atoms with van der Waals surface area (Å²) in [6.45, 7) is 5.33. The molecule has 1 atom stereocenters. The molecule has 1 aliphatic heterocycles. The number of fused-ring (bicyclic) bond motifs is 1. The summed E-state index contributed by atoms with van der Waals surface area (Å²) in [5, 5.41) is 5.19. The number of rotatable bonds is 3. The van der Waals surface area contributed by atoms with E-state index >= 15 is 0 Å². The van der Waals surface area contributed by atoms with E-state index in [0.717, 1.165) is 11.8 Å². The van der Waals surface area contributed by atoms with Gasteiger partial charge in [0.15, 0.2) is 11.4 Å². The van der Waals surface area contributed by atoms with Crippen LogP contribution in [0.1, 0.15) is 36.7 Å². The number of nitrogens with zero attached hydrogens (tertiary/aromatic N) is 4. The van der Waals surface area contributed by atoms with Crippen molar-refractivity contribution in [3.63, 3.8) is 0 Å². The number of nitrogens with two attached hydrogens (primary N) is 1. The van der Waals surface area contributed by atoms with E-state index in [1.54, 1.807) is 23.4 Å². The Hall–Kier alpha value is -2.09. The second-order valence-electron chi connectivity index (χ2n) is 6.75. The molecule has 146 valence electrons. The number of hydrogen-bond donors (Lipinski definition) is 1. The first-order valence-electron chi connectivity index (χ1n) is 8.51. The van der Waals surface area contributed by atoms with E-state index in [0.29, 0.717) is 35.8 Å². The molecule has 3 aromatic heterocycles. The maximum atomic E-state index is 13.1. The molecule has 1 unspecified atom stereocenters. The summed E-state index contributed by atoms with van der Waals surface area (Å²) in [4.78, 5) is 19.6. The number of halogens is 2. The van der Waals surface area contributed by atoms with E-state index in [4.69, 9.17) is 15.1 Å². The van der Waals surface area contributed by atoms with E-state index < -0.39 is 0 Å². The lowest BCUT2D eigenvalue weighted by atomic mass is 10.1. The van der Waals surface area contributed by atoms with Crippen LogP contribution in [-0.4, -0.2) is 44.7 Å². The van der Waals surface area contributed by atoms with Crippen LogP contribution in [0.3, 0.4) is 0 Å². The van der Waals surface area contributed by atoms with Gasteiger partial charge in [-0.3, -0.25) is 4.79 Å². The SMILES string of the molecule is CC(C)n1ncc2c(C(=O)N3CCC(N)C3)cc(-c3ccco3)nc21.Cl.Cl. The Bertz CT molecular complexity index is 923. The van der Waals surface area contributed by atoms with Gasteiger partial charge < -0.3 is 15.1 Å². The number of pyridine rings is 1. The van der Waals surface area contributed by atoms with E-state index in [9.17, 15) is 4.79 Å². The Morgan fingerprint density at radius 2 is 2.15 bits per heavy atom.